The molecule has 12 N–H and O–H groups in total. The SMILES string of the molecule is Cc1cc2c([O-])c(c1)/C=N/OCCO/N=C/c1cc(C)cc(c1[O-])/C=N/OCCO/N=C/2.[Ni+2].[Ni+2].[O-][Cl+3]([O-])([O-])[O-].[O-][Cl+3]([O-])([O-])[O-].[OH3+].[OH3+].[OH3+].[OH3+]. The summed E-state index contributed by atoms with van der Waals surface area (Å²) in [6.07, 6.45) is 5.30. The van der Waals surface area contributed by atoms with Gasteiger partial charge in [-0.1, -0.05) is 56.4 Å². The summed E-state index contributed by atoms with van der Waals surface area (Å²) in [7, 11) is -9.89. The smallest absolute Gasteiger partial charge is 0.872 e. The van der Waals surface area contributed by atoms with Crippen LogP contribution in [0.3, 0.4) is 0 Å². The van der Waals surface area contributed by atoms with Gasteiger partial charge in [0, 0.05) is 0 Å². The maximum absolute atomic E-state index is 12.5. The Balaban J connectivity index is -0.000000243. The number of halogens is 2. The molecule has 2 aromatic rings. The van der Waals surface area contributed by atoms with Gasteiger partial charge in [-0.25, -0.2) is 37.3 Å². The zero-order valence-corrected chi connectivity index (χ0v) is 28.1. The van der Waals surface area contributed by atoms with Crippen molar-refractivity contribution >= 4 is 24.9 Å². The van der Waals surface area contributed by atoms with Gasteiger partial charge in [0.15, 0.2) is 26.4 Å². The second-order valence-electron chi connectivity index (χ2n) is 7.57. The molecule has 0 aromatic heterocycles. The van der Waals surface area contributed by atoms with Crippen LogP contribution in [0.4, 0.5) is 0 Å². The van der Waals surface area contributed by atoms with Crippen molar-refractivity contribution in [3.05, 3.63) is 57.6 Å². The first-order valence-corrected chi connectivity index (χ1v) is 13.5. The van der Waals surface area contributed by atoms with Gasteiger partial charge in [-0.3, -0.25) is 0 Å². The minimum Gasteiger partial charge on any atom is -0.872 e. The molecule has 0 saturated heterocycles. The number of hydrogen-bond donors (Lipinski definition) is 0. The third kappa shape index (κ3) is 29.2. The summed E-state index contributed by atoms with van der Waals surface area (Å²) >= 11 is 0. The van der Waals surface area contributed by atoms with Crippen LogP contribution in [-0.4, -0.2) is 51.3 Å². The summed E-state index contributed by atoms with van der Waals surface area (Å²) in [6, 6.07) is 6.76. The van der Waals surface area contributed by atoms with Crippen molar-refractivity contribution in [1.29, 1.82) is 0 Å². The second kappa shape index (κ2) is 29.0. The van der Waals surface area contributed by atoms with Crippen LogP contribution in [-0.2, 0) is 74.2 Å². The molecule has 4 bridgehead atoms. The predicted molar refractivity (Wildman–Crippen MR) is 135 cm³/mol. The van der Waals surface area contributed by atoms with Crippen LogP contribution in [0.1, 0.15) is 33.4 Å². The van der Waals surface area contributed by atoms with E-state index >= 15 is 0 Å². The van der Waals surface area contributed by atoms with E-state index in [4.69, 9.17) is 56.6 Å². The molecule has 1 aliphatic heterocycles. The number of rotatable bonds is 0. The van der Waals surface area contributed by atoms with Crippen LogP contribution >= 0.6 is 0 Å². The van der Waals surface area contributed by atoms with Crippen molar-refractivity contribution in [2.24, 2.45) is 20.6 Å². The first-order chi connectivity index (χ1) is 19.5. The largest absolute Gasteiger partial charge is 2.00 e. The number of hydrogen-bond acceptors (Lipinski definition) is 18. The van der Waals surface area contributed by atoms with Crippen molar-refractivity contribution in [1.82, 2.24) is 0 Å². The first-order valence-electron chi connectivity index (χ1n) is 11.0. The molecule has 1 aliphatic rings. The monoisotopic (exact) mass is 828 g/mol. The maximum Gasteiger partial charge on any atom is 2.00 e. The van der Waals surface area contributed by atoms with Gasteiger partial charge in [-0.05, 0) is 47.2 Å². The van der Waals surface area contributed by atoms with E-state index in [0.717, 1.165) is 11.1 Å². The van der Waals surface area contributed by atoms with Gasteiger partial charge >= 0.3 is 33.0 Å². The van der Waals surface area contributed by atoms with E-state index in [-0.39, 0.29) is 92.8 Å². The molecule has 26 heteroatoms. The Morgan fingerprint density at radius 3 is 0.792 bits per heavy atom. The van der Waals surface area contributed by atoms with Crippen molar-refractivity contribution in [3.63, 3.8) is 0 Å². The molecular formula is C22H34Cl2N4Ni2O18+4. The normalized spacial score (nSPS) is 15.0. The van der Waals surface area contributed by atoms with Gasteiger partial charge in [-0.2, -0.15) is 0 Å². The number of oxime groups is 4. The Morgan fingerprint density at radius 1 is 0.458 bits per heavy atom. The van der Waals surface area contributed by atoms with Crippen molar-refractivity contribution in [2.75, 3.05) is 26.4 Å². The Bertz CT molecular complexity index is 1080. The van der Waals surface area contributed by atoms with E-state index in [1.165, 1.54) is 24.9 Å². The van der Waals surface area contributed by atoms with Gasteiger partial charge in [0.2, 0.25) is 0 Å². The summed E-state index contributed by atoms with van der Waals surface area (Å²) in [5.41, 5.74) is 3.11. The average molecular weight is 831 g/mol. The summed E-state index contributed by atoms with van der Waals surface area (Å²) in [5, 5.41) is 40.2. The Hall–Kier alpha value is -2.99. The van der Waals surface area contributed by atoms with Crippen molar-refractivity contribution in [2.45, 2.75) is 13.8 Å². The summed E-state index contributed by atoms with van der Waals surface area (Å²) in [5.74, 6) is -0.520. The average Bonchev–Trinajstić information content (AvgIpc) is 2.84. The fourth-order valence-electron chi connectivity index (χ4n) is 2.78. The molecule has 280 valence electrons. The van der Waals surface area contributed by atoms with Crippen LogP contribution in [0.2, 0.25) is 0 Å². The zero-order chi connectivity index (χ0) is 31.8. The van der Waals surface area contributed by atoms with Crippen LogP contribution in [0.15, 0.2) is 44.9 Å². The van der Waals surface area contributed by atoms with E-state index in [9.17, 15) is 10.2 Å². The predicted octanol–water partition coefficient (Wildman–Crippen LogP) is -11.6. The number of benzene rings is 2. The van der Waals surface area contributed by atoms with Crippen LogP contribution < -0.4 is 47.5 Å². The Labute approximate surface area is 296 Å². The van der Waals surface area contributed by atoms with Gasteiger partial charge in [-0.15, -0.1) is 20.5 Å². The standard InChI is InChI=1S/C22H24N4O6.2ClHO4.2Ni.4H2O/c1-15-7-17-11-23-29-3-5-31-25-13-19-9-16(2)10-20(22(19)28)14-26-32-6-4-30-24-12-18(8-15)21(17)27;2*2-1(3,4)5;;;;;;/h7-14,27-28H,3-6H2,1-2H3;2*(H,2,3,4,5);;;4*1H2/q;;;2*+2;;;;/b23-11+,24-12+,25-13+,26-14+;;;;;;;;. The van der Waals surface area contributed by atoms with Crippen molar-refractivity contribution in [3.8, 4) is 11.5 Å². The second-order valence-corrected chi connectivity index (χ2v) is 9.08. The zero-order valence-electron chi connectivity index (χ0n) is 24.6. The topological polar surface area (TPSA) is 449 Å². The molecule has 0 saturated carbocycles. The summed E-state index contributed by atoms with van der Waals surface area (Å²) in [6.45, 7) is 4.10. The summed E-state index contributed by atoms with van der Waals surface area (Å²) < 4.78 is 67.9. The fourth-order valence-corrected chi connectivity index (χ4v) is 2.78. The molecule has 0 unspecified atom stereocenters. The van der Waals surface area contributed by atoms with Gasteiger partial charge < -0.3 is 51.5 Å². The number of nitrogens with zero attached hydrogens (tertiary/aromatic N) is 4. The number of aryl methyl sites for hydroxylation is 2. The van der Waals surface area contributed by atoms with E-state index in [2.05, 4.69) is 20.6 Å². The maximum atomic E-state index is 12.5. The Kier molecular flexibility index (Phi) is 34.6. The van der Waals surface area contributed by atoms with E-state index < -0.39 is 20.5 Å². The van der Waals surface area contributed by atoms with Crippen LogP contribution in [0, 0.1) is 34.3 Å². The molecule has 0 amide bonds. The van der Waals surface area contributed by atoms with E-state index in [1.807, 2.05) is 13.8 Å². The fraction of sp³-hybridized carbons (Fsp3) is 0.273. The quantitative estimate of drug-likeness (QED) is 0.176. The molecular weight excluding hydrogens is 797 g/mol. The summed E-state index contributed by atoms with van der Waals surface area (Å²) in [4.78, 5) is 20.4. The molecule has 2 aromatic carbocycles. The number of fused-ring (bicyclic) bond motifs is 4. The molecule has 0 spiro atoms. The molecule has 0 fully saturated rings. The molecule has 0 aliphatic carbocycles. The molecule has 3 rings (SSSR count). The van der Waals surface area contributed by atoms with Gasteiger partial charge in [0.25, 0.3) is 0 Å². The van der Waals surface area contributed by atoms with Gasteiger partial charge in [0.1, 0.15) is 0 Å². The molecule has 1 heterocycles. The molecule has 48 heavy (non-hydrogen) atoms. The molecule has 22 nitrogen and oxygen atoms in total. The molecule has 0 atom stereocenters. The van der Waals surface area contributed by atoms with E-state index in [0.29, 0.717) is 22.3 Å². The van der Waals surface area contributed by atoms with E-state index in [1.54, 1.807) is 24.3 Å². The minimum absolute atomic E-state index is 0. The first kappa shape index (κ1) is 57.3. The third-order valence-corrected chi connectivity index (χ3v) is 4.18. The third-order valence-electron chi connectivity index (χ3n) is 4.18. The van der Waals surface area contributed by atoms with Gasteiger partial charge in [0.05, 0.1) is 24.9 Å². The molecule has 0 radical (unpaired) electrons. The Morgan fingerprint density at radius 2 is 0.625 bits per heavy atom. The van der Waals surface area contributed by atoms with Crippen LogP contribution in [0.5, 0.6) is 11.5 Å². The minimum atomic E-state index is -4.94. The van der Waals surface area contributed by atoms with Crippen molar-refractivity contribution < 1.29 is 142 Å². The van der Waals surface area contributed by atoms with Crippen LogP contribution in [0.25, 0.3) is 0 Å².